The summed E-state index contributed by atoms with van der Waals surface area (Å²) in [5.74, 6) is 1.79. The van der Waals surface area contributed by atoms with Crippen LogP contribution in [0.1, 0.15) is 6.42 Å². The van der Waals surface area contributed by atoms with Crippen LogP contribution >= 0.6 is 11.8 Å². The van der Waals surface area contributed by atoms with Crippen molar-refractivity contribution >= 4 is 17.7 Å². The number of nitrogens with zero attached hydrogens (tertiary/aromatic N) is 3. The van der Waals surface area contributed by atoms with Crippen LogP contribution in [0.3, 0.4) is 0 Å². The molecule has 13 heavy (non-hydrogen) atoms. The normalized spacial score (nSPS) is 14.8. The predicted octanol–water partition coefficient (Wildman–Crippen LogP) is 1.37. The van der Waals surface area contributed by atoms with Gasteiger partial charge in [-0.2, -0.15) is 0 Å². The van der Waals surface area contributed by atoms with Crippen molar-refractivity contribution < 1.29 is 0 Å². The summed E-state index contributed by atoms with van der Waals surface area (Å²) in [6.07, 6.45) is 3.02. The van der Waals surface area contributed by atoms with Crippen LogP contribution in [0.15, 0.2) is 17.8 Å². The number of hydrogen-bond acceptors (Lipinski definition) is 4. The van der Waals surface area contributed by atoms with Gasteiger partial charge in [0.25, 0.3) is 0 Å². The number of fused-ring (bicyclic) bond motifs is 1. The van der Waals surface area contributed by atoms with Gasteiger partial charge in [-0.1, -0.05) is 17.8 Å². The molecular formula is C8H12N4S. The van der Waals surface area contributed by atoms with Crippen LogP contribution in [0.25, 0.3) is 0 Å². The van der Waals surface area contributed by atoms with Gasteiger partial charge in [0.1, 0.15) is 0 Å². The van der Waals surface area contributed by atoms with Crippen LogP contribution < -0.4 is 5.32 Å². The van der Waals surface area contributed by atoms with Crippen molar-refractivity contribution in [3.63, 3.8) is 0 Å². The molecule has 0 amide bonds. The molecule has 0 spiro atoms. The fourth-order valence-corrected chi connectivity index (χ4v) is 2.00. The van der Waals surface area contributed by atoms with Crippen LogP contribution in [-0.2, 0) is 6.54 Å². The largest absolute Gasteiger partial charge is 0.354 e. The predicted molar refractivity (Wildman–Crippen MR) is 54.0 cm³/mol. The van der Waals surface area contributed by atoms with Gasteiger partial charge in [0.15, 0.2) is 5.16 Å². The first-order chi connectivity index (χ1) is 6.42. The molecule has 0 atom stereocenters. The van der Waals surface area contributed by atoms with Gasteiger partial charge < -0.3 is 5.32 Å². The van der Waals surface area contributed by atoms with E-state index in [9.17, 15) is 0 Å². The molecule has 0 aliphatic carbocycles. The van der Waals surface area contributed by atoms with E-state index in [1.54, 1.807) is 11.8 Å². The summed E-state index contributed by atoms with van der Waals surface area (Å²) in [5.41, 5.74) is 0. The van der Waals surface area contributed by atoms with Crippen molar-refractivity contribution in [3.05, 3.63) is 12.7 Å². The molecule has 2 rings (SSSR count). The standard InChI is InChI=1S/C8H12N4S/c1-2-6-13-8-11-10-7-9-4-3-5-12(7)8/h2H,1,3-6H2,(H,9,10). The van der Waals surface area contributed by atoms with Crippen molar-refractivity contribution in [2.75, 3.05) is 17.6 Å². The molecule has 1 aromatic rings. The molecule has 0 radical (unpaired) electrons. The van der Waals surface area contributed by atoms with Gasteiger partial charge in [0, 0.05) is 18.8 Å². The van der Waals surface area contributed by atoms with Crippen molar-refractivity contribution in [3.8, 4) is 0 Å². The maximum atomic E-state index is 4.10. The van der Waals surface area contributed by atoms with Crippen LogP contribution in [0.4, 0.5) is 5.95 Å². The Morgan fingerprint density at radius 1 is 1.62 bits per heavy atom. The van der Waals surface area contributed by atoms with Crippen molar-refractivity contribution in [1.29, 1.82) is 0 Å². The Morgan fingerprint density at radius 3 is 3.38 bits per heavy atom. The Labute approximate surface area is 81.4 Å². The number of thioether (sulfide) groups is 1. The van der Waals surface area contributed by atoms with Gasteiger partial charge in [-0.3, -0.25) is 4.57 Å². The van der Waals surface area contributed by atoms with E-state index in [0.717, 1.165) is 36.4 Å². The summed E-state index contributed by atoms with van der Waals surface area (Å²) in [4.78, 5) is 0. The summed E-state index contributed by atoms with van der Waals surface area (Å²) < 4.78 is 2.12. The monoisotopic (exact) mass is 196 g/mol. The number of hydrogen-bond donors (Lipinski definition) is 1. The second-order valence-electron chi connectivity index (χ2n) is 2.84. The molecule has 0 saturated carbocycles. The Kier molecular flexibility index (Phi) is 2.54. The van der Waals surface area contributed by atoms with E-state index in [1.807, 2.05) is 6.08 Å². The van der Waals surface area contributed by atoms with Crippen molar-refractivity contribution in [2.24, 2.45) is 0 Å². The minimum Gasteiger partial charge on any atom is -0.354 e. The lowest BCUT2D eigenvalue weighted by molar-refractivity contribution is 0.584. The van der Waals surface area contributed by atoms with E-state index in [2.05, 4.69) is 26.7 Å². The molecule has 5 heteroatoms. The van der Waals surface area contributed by atoms with E-state index in [4.69, 9.17) is 0 Å². The van der Waals surface area contributed by atoms with Crippen molar-refractivity contribution in [2.45, 2.75) is 18.1 Å². The molecule has 4 nitrogen and oxygen atoms in total. The Balaban J connectivity index is 2.16. The molecule has 0 unspecified atom stereocenters. The average molecular weight is 196 g/mol. The smallest absolute Gasteiger partial charge is 0.225 e. The van der Waals surface area contributed by atoms with E-state index in [-0.39, 0.29) is 0 Å². The fourth-order valence-electron chi connectivity index (χ4n) is 1.30. The zero-order valence-electron chi connectivity index (χ0n) is 7.36. The number of rotatable bonds is 3. The summed E-state index contributed by atoms with van der Waals surface area (Å²) in [6.45, 7) is 5.71. The quantitative estimate of drug-likeness (QED) is 0.585. The molecule has 1 aliphatic heterocycles. The third kappa shape index (κ3) is 1.70. The Hall–Kier alpha value is -0.970. The SMILES string of the molecule is C=CCSc1nnc2n1CCCN2. The van der Waals surface area contributed by atoms with Gasteiger partial charge in [-0.05, 0) is 6.42 Å². The van der Waals surface area contributed by atoms with Crippen LogP contribution in [0.5, 0.6) is 0 Å². The lowest BCUT2D eigenvalue weighted by atomic mass is 10.4. The highest BCUT2D eigenvalue weighted by Crippen LogP contribution is 2.21. The summed E-state index contributed by atoms with van der Waals surface area (Å²) >= 11 is 1.67. The molecule has 1 aromatic heterocycles. The third-order valence-corrected chi connectivity index (χ3v) is 2.85. The summed E-state index contributed by atoms with van der Waals surface area (Å²) in [7, 11) is 0. The first kappa shape index (κ1) is 8.62. The molecule has 1 aliphatic rings. The molecule has 0 saturated heterocycles. The minimum atomic E-state index is 0.887. The first-order valence-electron chi connectivity index (χ1n) is 4.32. The minimum absolute atomic E-state index is 0.887. The van der Waals surface area contributed by atoms with Gasteiger partial charge in [-0.25, -0.2) is 0 Å². The van der Waals surface area contributed by atoms with E-state index in [1.165, 1.54) is 0 Å². The second-order valence-corrected chi connectivity index (χ2v) is 3.82. The number of nitrogens with one attached hydrogen (secondary N) is 1. The highest BCUT2D eigenvalue weighted by molar-refractivity contribution is 7.99. The van der Waals surface area contributed by atoms with Gasteiger partial charge in [0.05, 0.1) is 0 Å². The lowest BCUT2D eigenvalue weighted by Gasteiger charge is -2.15. The highest BCUT2D eigenvalue weighted by atomic mass is 32.2. The number of anilines is 1. The molecular weight excluding hydrogens is 184 g/mol. The second kappa shape index (κ2) is 3.83. The zero-order valence-corrected chi connectivity index (χ0v) is 8.18. The molecule has 70 valence electrons. The zero-order chi connectivity index (χ0) is 9.10. The maximum absolute atomic E-state index is 4.10. The first-order valence-corrected chi connectivity index (χ1v) is 5.31. The van der Waals surface area contributed by atoms with E-state index in [0.29, 0.717) is 0 Å². The molecule has 0 aromatic carbocycles. The van der Waals surface area contributed by atoms with Gasteiger partial charge in [0.2, 0.25) is 5.95 Å². The fraction of sp³-hybridized carbons (Fsp3) is 0.500. The van der Waals surface area contributed by atoms with Crippen LogP contribution in [0, 0.1) is 0 Å². The third-order valence-electron chi connectivity index (χ3n) is 1.89. The van der Waals surface area contributed by atoms with Crippen molar-refractivity contribution in [1.82, 2.24) is 14.8 Å². The van der Waals surface area contributed by atoms with Crippen LogP contribution in [0.2, 0.25) is 0 Å². The number of aromatic nitrogens is 3. The molecule has 0 bridgehead atoms. The molecule has 2 heterocycles. The molecule has 1 N–H and O–H groups in total. The van der Waals surface area contributed by atoms with E-state index >= 15 is 0 Å². The van der Waals surface area contributed by atoms with E-state index < -0.39 is 0 Å². The molecule has 0 fully saturated rings. The Bertz CT molecular complexity index is 307. The average Bonchev–Trinajstić information content (AvgIpc) is 2.58. The summed E-state index contributed by atoms with van der Waals surface area (Å²) in [6, 6.07) is 0. The topological polar surface area (TPSA) is 42.7 Å². The highest BCUT2D eigenvalue weighted by Gasteiger charge is 2.14. The maximum Gasteiger partial charge on any atom is 0.225 e. The van der Waals surface area contributed by atoms with Gasteiger partial charge >= 0.3 is 0 Å². The lowest BCUT2D eigenvalue weighted by Crippen LogP contribution is -2.17. The Morgan fingerprint density at radius 2 is 2.54 bits per heavy atom. The van der Waals surface area contributed by atoms with Gasteiger partial charge in [-0.15, -0.1) is 16.8 Å². The van der Waals surface area contributed by atoms with Crippen LogP contribution in [-0.4, -0.2) is 27.1 Å². The summed E-state index contributed by atoms with van der Waals surface area (Å²) in [5, 5.41) is 12.4.